The first-order valence-electron chi connectivity index (χ1n) is 10.3. The lowest BCUT2D eigenvalue weighted by atomic mass is 9.47. The second-order valence-electron chi connectivity index (χ2n) is 10.4. The average Bonchev–Trinajstić information content (AvgIpc) is 2.51. The van der Waals surface area contributed by atoms with Crippen LogP contribution in [0.5, 0.6) is 0 Å². The predicted molar refractivity (Wildman–Crippen MR) is 95.9 cm³/mol. The molecule has 4 rings (SSSR count). The van der Waals surface area contributed by atoms with Crippen molar-refractivity contribution in [1.82, 2.24) is 0 Å². The SMILES string of the molecule is CCC(C)(C)C(=O)OC(CC(C)(O)C(F)(F)F)C12CC3CC(CC(C3)C1)C2. The van der Waals surface area contributed by atoms with Crippen molar-refractivity contribution in [2.45, 2.75) is 96.9 Å². The van der Waals surface area contributed by atoms with Gasteiger partial charge in [-0.3, -0.25) is 4.79 Å². The molecule has 0 aromatic rings. The monoisotopic (exact) mass is 390 g/mol. The Labute approximate surface area is 160 Å². The maximum atomic E-state index is 13.4. The smallest absolute Gasteiger partial charge is 0.417 e. The quantitative estimate of drug-likeness (QED) is 0.630. The summed E-state index contributed by atoms with van der Waals surface area (Å²) in [5.74, 6) is 1.11. The summed E-state index contributed by atoms with van der Waals surface area (Å²) in [5, 5.41) is 10.2. The topological polar surface area (TPSA) is 46.5 Å². The first-order chi connectivity index (χ1) is 12.3. The fraction of sp³-hybridized carbons (Fsp3) is 0.952. The highest BCUT2D eigenvalue weighted by atomic mass is 19.4. The van der Waals surface area contributed by atoms with Gasteiger partial charge in [0.2, 0.25) is 0 Å². The third kappa shape index (κ3) is 3.88. The molecule has 0 amide bonds. The van der Waals surface area contributed by atoms with E-state index in [0.29, 0.717) is 24.2 Å². The van der Waals surface area contributed by atoms with E-state index in [1.807, 2.05) is 6.92 Å². The number of carbonyl (C=O) groups excluding carboxylic acids is 1. The zero-order valence-electron chi connectivity index (χ0n) is 16.9. The first-order valence-corrected chi connectivity index (χ1v) is 10.3. The number of rotatable bonds is 6. The van der Waals surface area contributed by atoms with Crippen LogP contribution in [-0.2, 0) is 9.53 Å². The molecule has 0 aliphatic heterocycles. The highest BCUT2D eigenvalue weighted by Gasteiger charge is 2.60. The molecule has 2 atom stereocenters. The summed E-state index contributed by atoms with van der Waals surface area (Å²) in [7, 11) is 0. The summed E-state index contributed by atoms with van der Waals surface area (Å²) in [4.78, 5) is 12.7. The third-order valence-corrected chi connectivity index (χ3v) is 7.65. The van der Waals surface area contributed by atoms with Crippen molar-refractivity contribution < 1.29 is 27.8 Å². The van der Waals surface area contributed by atoms with E-state index in [1.54, 1.807) is 13.8 Å². The number of ether oxygens (including phenoxy) is 1. The standard InChI is InChI=1S/C21H33F3O3/c1-5-18(2,3)17(25)27-16(12-19(4,26)21(22,23)24)20-9-13-6-14(10-20)8-15(7-13)11-20/h13-16,26H,5-12H2,1-4H3. The maximum Gasteiger partial charge on any atom is 0.417 e. The molecular weight excluding hydrogens is 357 g/mol. The minimum absolute atomic E-state index is 0.413. The summed E-state index contributed by atoms with van der Waals surface area (Å²) in [6.45, 7) is 6.19. The van der Waals surface area contributed by atoms with Crippen LogP contribution in [0.25, 0.3) is 0 Å². The molecule has 6 heteroatoms. The van der Waals surface area contributed by atoms with Gasteiger partial charge in [-0.2, -0.15) is 13.2 Å². The minimum atomic E-state index is -4.75. The van der Waals surface area contributed by atoms with Crippen LogP contribution in [0.2, 0.25) is 0 Å². The fourth-order valence-corrected chi connectivity index (χ4v) is 5.86. The van der Waals surface area contributed by atoms with Gasteiger partial charge in [-0.25, -0.2) is 0 Å². The summed E-state index contributed by atoms with van der Waals surface area (Å²) in [6.07, 6.45) is 0.235. The van der Waals surface area contributed by atoms with Gasteiger partial charge in [0.25, 0.3) is 0 Å². The Morgan fingerprint density at radius 1 is 1.07 bits per heavy atom. The van der Waals surface area contributed by atoms with Crippen molar-refractivity contribution in [3.05, 3.63) is 0 Å². The van der Waals surface area contributed by atoms with Gasteiger partial charge < -0.3 is 9.84 Å². The van der Waals surface area contributed by atoms with Crippen LogP contribution in [0.4, 0.5) is 13.2 Å². The molecule has 4 aliphatic carbocycles. The third-order valence-electron chi connectivity index (χ3n) is 7.65. The second-order valence-corrected chi connectivity index (χ2v) is 10.4. The number of aliphatic hydroxyl groups is 1. The van der Waals surface area contributed by atoms with E-state index in [4.69, 9.17) is 4.74 Å². The number of alkyl halides is 3. The number of hydrogen-bond acceptors (Lipinski definition) is 3. The molecule has 156 valence electrons. The zero-order valence-corrected chi connectivity index (χ0v) is 16.9. The lowest BCUT2D eigenvalue weighted by Gasteiger charge is -2.59. The molecule has 0 radical (unpaired) electrons. The Balaban J connectivity index is 1.89. The summed E-state index contributed by atoms with van der Waals surface area (Å²) >= 11 is 0. The summed E-state index contributed by atoms with van der Waals surface area (Å²) in [6, 6.07) is 0. The van der Waals surface area contributed by atoms with E-state index in [1.165, 1.54) is 0 Å². The number of halogens is 3. The molecule has 4 bridgehead atoms. The molecule has 2 unspecified atom stereocenters. The van der Waals surface area contributed by atoms with E-state index in [9.17, 15) is 23.1 Å². The number of esters is 1. The molecule has 0 heterocycles. The highest BCUT2D eigenvalue weighted by molar-refractivity contribution is 5.76. The summed E-state index contributed by atoms with van der Waals surface area (Å²) in [5.41, 5.74) is -4.02. The Bertz CT molecular complexity index is 544. The predicted octanol–water partition coefficient (Wildman–Crippen LogP) is 5.25. The minimum Gasteiger partial charge on any atom is -0.461 e. The Kier molecular flexibility index (Phi) is 5.15. The van der Waals surface area contributed by atoms with Crippen LogP contribution in [-0.4, -0.2) is 29.0 Å². The van der Waals surface area contributed by atoms with Crippen molar-refractivity contribution in [3.63, 3.8) is 0 Å². The normalized spacial score (nSPS) is 36.4. The van der Waals surface area contributed by atoms with Crippen LogP contribution in [0.1, 0.15) is 79.1 Å². The fourth-order valence-electron chi connectivity index (χ4n) is 5.86. The second kappa shape index (κ2) is 6.64. The van der Waals surface area contributed by atoms with E-state index in [2.05, 4.69) is 0 Å². The van der Waals surface area contributed by atoms with Crippen molar-refractivity contribution >= 4 is 5.97 Å². The van der Waals surface area contributed by atoms with Crippen molar-refractivity contribution in [3.8, 4) is 0 Å². The van der Waals surface area contributed by atoms with E-state index >= 15 is 0 Å². The lowest BCUT2D eigenvalue weighted by molar-refractivity contribution is -0.271. The highest BCUT2D eigenvalue weighted by Crippen LogP contribution is 2.63. The van der Waals surface area contributed by atoms with Crippen LogP contribution >= 0.6 is 0 Å². The van der Waals surface area contributed by atoms with Gasteiger partial charge in [0, 0.05) is 11.8 Å². The Morgan fingerprint density at radius 2 is 1.52 bits per heavy atom. The lowest BCUT2D eigenvalue weighted by Crippen LogP contribution is -2.56. The van der Waals surface area contributed by atoms with Gasteiger partial charge >= 0.3 is 12.1 Å². The van der Waals surface area contributed by atoms with Crippen LogP contribution in [0.3, 0.4) is 0 Å². The molecule has 0 aromatic carbocycles. The van der Waals surface area contributed by atoms with Crippen molar-refractivity contribution in [1.29, 1.82) is 0 Å². The molecule has 27 heavy (non-hydrogen) atoms. The van der Waals surface area contributed by atoms with Crippen LogP contribution < -0.4 is 0 Å². The molecule has 4 fully saturated rings. The van der Waals surface area contributed by atoms with Crippen LogP contribution in [0, 0.1) is 28.6 Å². The molecule has 1 N–H and O–H groups in total. The molecule has 0 aromatic heterocycles. The van der Waals surface area contributed by atoms with E-state index in [-0.39, 0.29) is 0 Å². The van der Waals surface area contributed by atoms with Gasteiger partial charge in [-0.15, -0.1) is 0 Å². The Morgan fingerprint density at radius 3 is 1.89 bits per heavy atom. The van der Waals surface area contributed by atoms with Gasteiger partial charge in [0.15, 0.2) is 5.60 Å². The number of carbonyl (C=O) groups is 1. The van der Waals surface area contributed by atoms with Crippen molar-refractivity contribution in [2.24, 2.45) is 28.6 Å². The van der Waals surface area contributed by atoms with E-state index in [0.717, 1.165) is 45.4 Å². The van der Waals surface area contributed by atoms with Gasteiger partial charge in [0.1, 0.15) is 6.10 Å². The molecule has 0 saturated heterocycles. The summed E-state index contributed by atoms with van der Waals surface area (Å²) < 4.78 is 46.1. The van der Waals surface area contributed by atoms with Gasteiger partial charge in [0.05, 0.1) is 5.41 Å². The maximum absolute atomic E-state index is 13.4. The number of hydrogen-bond donors (Lipinski definition) is 1. The molecule has 0 spiro atoms. The molecule has 3 nitrogen and oxygen atoms in total. The Hall–Kier alpha value is -0.780. The van der Waals surface area contributed by atoms with Gasteiger partial charge in [-0.05, 0) is 83.5 Å². The van der Waals surface area contributed by atoms with Crippen molar-refractivity contribution in [2.75, 3.05) is 0 Å². The molecule has 4 saturated carbocycles. The largest absolute Gasteiger partial charge is 0.461 e. The average molecular weight is 390 g/mol. The van der Waals surface area contributed by atoms with Crippen LogP contribution in [0.15, 0.2) is 0 Å². The molecule has 4 aliphatic rings. The van der Waals surface area contributed by atoms with E-state index < -0.39 is 41.1 Å². The first kappa shape index (κ1) is 20.9. The van der Waals surface area contributed by atoms with Gasteiger partial charge in [-0.1, -0.05) is 6.92 Å². The molecular formula is C21H33F3O3. The zero-order chi connectivity index (χ0) is 20.3.